The Morgan fingerprint density at radius 3 is 2.72 bits per heavy atom. The molecule has 3 heteroatoms. The molecule has 174 valence electrons. The van der Waals surface area contributed by atoms with Gasteiger partial charge in [0.25, 0.3) is 0 Å². The van der Waals surface area contributed by atoms with E-state index in [2.05, 4.69) is 43.5 Å². The first-order chi connectivity index (χ1) is 15.4. The second-order valence-electron chi connectivity index (χ2n) is 11.7. The summed E-state index contributed by atoms with van der Waals surface area (Å²) in [5, 5.41) is 11.2. The molecule has 0 saturated heterocycles. The molecule has 1 fully saturated rings. The molecule has 1 saturated carbocycles. The highest BCUT2D eigenvalue weighted by Gasteiger charge is 2.65. The van der Waals surface area contributed by atoms with Crippen LogP contribution in [0.4, 0.5) is 0 Å². The third-order valence-corrected chi connectivity index (χ3v) is 9.63. The summed E-state index contributed by atoms with van der Waals surface area (Å²) < 4.78 is 6.13. The Labute approximate surface area is 194 Å². The summed E-state index contributed by atoms with van der Waals surface area (Å²) in [6.07, 6.45) is 13.2. The van der Waals surface area contributed by atoms with E-state index in [0.717, 1.165) is 25.9 Å². The van der Waals surface area contributed by atoms with Crippen LogP contribution in [-0.2, 0) is 11.3 Å². The summed E-state index contributed by atoms with van der Waals surface area (Å²) in [6.45, 7) is 8.09. The lowest BCUT2D eigenvalue weighted by atomic mass is 9.42. The Morgan fingerprint density at radius 2 is 1.94 bits per heavy atom. The third kappa shape index (κ3) is 3.51. The molecular formula is C29H41NO2. The standard InChI is InChI=1S/C29H41NO2/c1-27(2,31)25-15-17-28(3)23-14-13-22-11-7-12-24(22)29(28,26(25)30-19-23)16-8-18-32-20-21-9-5-4-6-10-21/h4-6,9-10,19,23,25-26,31H,7-8,11-18,20H2,1-3H3/t23-,25+,26-,28+,29+/m1/s1. The number of allylic oxidation sites excluding steroid dienone is 1. The molecule has 4 aliphatic rings. The molecule has 4 bridgehead atoms. The van der Waals surface area contributed by atoms with Crippen molar-refractivity contribution in [2.75, 3.05) is 6.61 Å². The van der Waals surface area contributed by atoms with Crippen molar-refractivity contribution in [1.82, 2.24) is 0 Å². The van der Waals surface area contributed by atoms with Gasteiger partial charge in [-0.1, -0.05) is 48.4 Å². The zero-order chi connectivity index (χ0) is 22.4. The number of rotatable bonds is 7. The fourth-order valence-electron chi connectivity index (χ4n) is 8.03. The van der Waals surface area contributed by atoms with Crippen LogP contribution in [0.15, 0.2) is 46.5 Å². The normalized spacial score (nSPS) is 36.2. The summed E-state index contributed by atoms with van der Waals surface area (Å²) in [7, 11) is 0. The number of hydrogen-bond donors (Lipinski definition) is 1. The summed E-state index contributed by atoms with van der Waals surface area (Å²) in [4.78, 5) is 5.31. The number of nitrogens with zero attached hydrogens (tertiary/aromatic N) is 1. The van der Waals surface area contributed by atoms with Gasteiger partial charge in [-0.15, -0.1) is 0 Å². The minimum atomic E-state index is -0.696. The van der Waals surface area contributed by atoms with Crippen LogP contribution in [0.5, 0.6) is 0 Å². The highest BCUT2D eigenvalue weighted by molar-refractivity contribution is 5.66. The lowest BCUT2D eigenvalue weighted by molar-refractivity contribution is -0.112. The van der Waals surface area contributed by atoms with Crippen molar-refractivity contribution in [3.05, 3.63) is 47.0 Å². The van der Waals surface area contributed by atoms with Crippen molar-refractivity contribution in [2.45, 2.75) is 96.8 Å². The molecule has 1 aliphatic heterocycles. The molecule has 1 aromatic rings. The van der Waals surface area contributed by atoms with E-state index in [1.54, 1.807) is 11.1 Å². The fourth-order valence-corrected chi connectivity index (χ4v) is 8.03. The first kappa shape index (κ1) is 22.3. The molecule has 1 aromatic carbocycles. The number of hydrogen-bond acceptors (Lipinski definition) is 3. The third-order valence-electron chi connectivity index (χ3n) is 9.63. The Morgan fingerprint density at radius 1 is 1.12 bits per heavy atom. The minimum absolute atomic E-state index is 0.0910. The maximum absolute atomic E-state index is 11.2. The SMILES string of the molecule is CC(C)(O)[C@H]1CC[C@@]2(C)[C@H]3C=N[C@H]1[C@]2(CCCOCc1ccccc1)C1=C(CCC1)CC3. The molecule has 1 N–H and O–H groups in total. The van der Waals surface area contributed by atoms with E-state index >= 15 is 0 Å². The lowest BCUT2D eigenvalue weighted by Gasteiger charge is -2.64. The summed E-state index contributed by atoms with van der Waals surface area (Å²) >= 11 is 0. The van der Waals surface area contributed by atoms with Crippen LogP contribution in [0.2, 0.25) is 0 Å². The van der Waals surface area contributed by atoms with Crippen LogP contribution < -0.4 is 0 Å². The van der Waals surface area contributed by atoms with Gasteiger partial charge in [-0.3, -0.25) is 4.99 Å². The predicted molar refractivity (Wildman–Crippen MR) is 131 cm³/mol. The van der Waals surface area contributed by atoms with Gasteiger partial charge in [0.05, 0.1) is 18.2 Å². The Hall–Kier alpha value is -1.45. The molecule has 0 unspecified atom stereocenters. The monoisotopic (exact) mass is 435 g/mol. The van der Waals surface area contributed by atoms with Gasteiger partial charge in [-0.25, -0.2) is 0 Å². The van der Waals surface area contributed by atoms with Crippen LogP contribution in [0.1, 0.15) is 84.1 Å². The second kappa shape index (κ2) is 8.40. The van der Waals surface area contributed by atoms with Crippen molar-refractivity contribution >= 4 is 6.21 Å². The van der Waals surface area contributed by atoms with Gasteiger partial charge in [-0.2, -0.15) is 0 Å². The molecule has 5 atom stereocenters. The van der Waals surface area contributed by atoms with Gasteiger partial charge in [0, 0.05) is 30.1 Å². The van der Waals surface area contributed by atoms with Crippen molar-refractivity contribution in [1.29, 1.82) is 0 Å². The van der Waals surface area contributed by atoms with E-state index < -0.39 is 5.60 Å². The summed E-state index contributed by atoms with van der Waals surface area (Å²) in [5.41, 5.74) is 4.39. The maximum Gasteiger partial charge on any atom is 0.0716 e. The number of aliphatic hydroxyl groups is 1. The van der Waals surface area contributed by atoms with Crippen molar-refractivity contribution in [3.63, 3.8) is 0 Å². The molecule has 32 heavy (non-hydrogen) atoms. The van der Waals surface area contributed by atoms with Gasteiger partial charge in [0.15, 0.2) is 0 Å². The van der Waals surface area contributed by atoms with Crippen LogP contribution in [0.3, 0.4) is 0 Å². The average Bonchev–Trinajstić information content (AvgIpc) is 3.21. The van der Waals surface area contributed by atoms with Crippen molar-refractivity contribution in [3.8, 4) is 0 Å². The smallest absolute Gasteiger partial charge is 0.0716 e. The Bertz CT molecular complexity index is 882. The van der Waals surface area contributed by atoms with Crippen molar-refractivity contribution in [2.24, 2.45) is 27.7 Å². The van der Waals surface area contributed by atoms with Gasteiger partial charge in [0.2, 0.25) is 0 Å². The molecule has 0 amide bonds. The van der Waals surface area contributed by atoms with Crippen LogP contribution in [0, 0.1) is 22.7 Å². The topological polar surface area (TPSA) is 41.8 Å². The fraction of sp³-hybridized carbons (Fsp3) is 0.690. The van der Waals surface area contributed by atoms with E-state index in [4.69, 9.17) is 9.73 Å². The largest absolute Gasteiger partial charge is 0.390 e. The zero-order valence-corrected chi connectivity index (χ0v) is 20.3. The number of benzene rings is 1. The van der Waals surface area contributed by atoms with Crippen molar-refractivity contribution < 1.29 is 9.84 Å². The second-order valence-corrected chi connectivity index (χ2v) is 11.7. The van der Waals surface area contributed by atoms with E-state index in [1.165, 1.54) is 44.1 Å². The Kier molecular flexibility index (Phi) is 5.87. The molecule has 1 heterocycles. The number of ether oxygens (including phenoxy) is 1. The molecule has 0 radical (unpaired) electrons. The predicted octanol–water partition coefficient (Wildman–Crippen LogP) is 6.50. The van der Waals surface area contributed by atoms with E-state index in [0.29, 0.717) is 12.5 Å². The summed E-state index contributed by atoms with van der Waals surface area (Å²) in [6, 6.07) is 10.7. The molecule has 3 aliphatic carbocycles. The molecule has 5 rings (SSSR count). The average molecular weight is 436 g/mol. The summed E-state index contributed by atoms with van der Waals surface area (Å²) in [5.74, 6) is 0.794. The molecule has 0 aromatic heterocycles. The highest BCUT2D eigenvalue weighted by atomic mass is 16.5. The zero-order valence-electron chi connectivity index (χ0n) is 20.3. The van der Waals surface area contributed by atoms with Crippen LogP contribution in [0.25, 0.3) is 0 Å². The number of aliphatic imine (C=N–C) groups is 1. The Balaban J connectivity index is 1.44. The van der Waals surface area contributed by atoms with Crippen LogP contribution in [-0.4, -0.2) is 29.6 Å². The molecule has 0 spiro atoms. The van der Waals surface area contributed by atoms with Gasteiger partial charge < -0.3 is 9.84 Å². The lowest BCUT2D eigenvalue weighted by Crippen LogP contribution is -2.63. The van der Waals surface area contributed by atoms with Crippen LogP contribution >= 0.6 is 0 Å². The molecule has 3 nitrogen and oxygen atoms in total. The van der Waals surface area contributed by atoms with E-state index in [9.17, 15) is 5.11 Å². The van der Waals surface area contributed by atoms with Gasteiger partial charge in [0.1, 0.15) is 0 Å². The van der Waals surface area contributed by atoms with E-state index in [-0.39, 0.29) is 22.8 Å². The first-order valence-electron chi connectivity index (χ1n) is 12.9. The minimum Gasteiger partial charge on any atom is -0.390 e. The van der Waals surface area contributed by atoms with Gasteiger partial charge >= 0.3 is 0 Å². The highest BCUT2D eigenvalue weighted by Crippen LogP contribution is 2.69. The molecular weight excluding hydrogens is 394 g/mol. The first-order valence-corrected chi connectivity index (χ1v) is 12.9. The quantitative estimate of drug-likeness (QED) is 0.392. The van der Waals surface area contributed by atoms with E-state index in [1.807, 2.05) is 13.8 Å². The maximum atomic E-state index is 11.2. The van der Waals surface area contributed by atoms with Gasteiger partial charge in [-0.05, 0) is 82.6 Å².